The lowest BCUT2D eigenvalue weighted by Crippen LogP contribution is -2.36. The van der Waals surface area contributed by atoms with E-state index < -0.39 is 14.6 Å². The smallest absolute Gasteiger partial charge is 0.263 e. The predicted octanol–water partition coefficient (Wildman–Crippen LogP) is 2.81. The van der Waals surface area contributed by atoms with E-state index in [0.717, 1.165) is 9.88 Å². The first-order valence-electron chi connectivity index (χ1n) is 6.71. The molecule has 0 bridgehead atoms. The third-order valence-electron chi connectivity index (χ3n) is 3.05. The number of hydrogen-bond donors (Lipinski definition) is 1. The van der Waals surface area contributed by atoms with E-state index >= 15 is 0 Å². The van der Waals surface area contributed by atoms with E-state index in [-0.39, 0.29) is 18.2 Å². The highest BCUT2D eigenvalue weighted by molar-refractivity contribution is 7.92. The van der Waals surface area contributed by atoms with Crippen LogP contribution in [0.25, 0.3) is 9.88 Å². The molecule has 0 aliphatic carbocycles. The molecule has 2 aromatic heterocycles. The van der Waals surface area contributed by atoms with Crippen molar-refractivity contribution in [1.29, 1.82) is 0 Å². The van der Waals surface area contributed by atoms with Crippen LogP contribution < -0.4 is 5.32 Å². The molecular weight excluding hydrogens is 340 g/mol. The molecule has 22 heavy (non-hydrogen) atoms. The summed E-state index contributed by atoms with van der Waals surface area (Å²) in [5, 5.41) is 5.39. The van der Waals surface area contributed by atoms with Gasteiger partial charge in [0.2, 0.25) is 0 Å². The molecule has 0 spiro atoms. The zero-order chi connectivity index (χ0) is 16.4. The highest BCUT2D eigenvalue weighted by Gasteiger charge is 2.28. The van der Waals surface area contributed by atoms with Gasteiger partial charge >= 0.3 is 0 Å². The molecular formula is C14H18N2O3S3. The molecule has 2 rings (SSSR count). The Morgan fingerprint density at radius 3 is 2.68 bits per heavy atom. The van der Waals surface area contributed by atoms with Crippen molar-refractivity contribution in [2.45, 2.75) is 25.5 Å². The molecule has 2 heterocycles. The number of amides is 1. The molecule has 0 aliphatic heterocycles. The summed E-state index contributed by atoms with van der Waals surface area (Å²) in [5.41, 5.74) is 0. The summed E-state index contributed by atoms with van der Waals surface area (Å²) < 4.78 is 23.1. The summed E-state index contributed by atoms with van der Waals surface area (Å²) in [7, 11) is -3.23. The van der Waals surface area contributed by atoms with Gasteiger partial charge in [-0.15, -0.1) is 22.7 Å². The summed E-state index contributed by atoms with van der Waals surface area (Å²) in [6, 6.07) is 3.87. The van der Waals surface area contributed by atoms with E-state index in [1.165, 1.54) is 17.5 Å². The van der Waals surface area contributed by atoms with E-state index in [1.54, 1.807) is 32.1 Å². The standard InChI is InChI=1S/C14H18N2O3S3/c1-14(2,3)22(18,19)8-6-15-12(17)11-9-16-13(21-11)10-5-4-7-20-10/h4-5,7,9H,6,8H2,1-3H3,(H,15,17). The van der Waals surface area contributed by atoms with Crippen LogP contribution in [0, 0.1) is 0 Å². The van der Waals surface area contributed by atoms with E-state index in [9.17, 15) is 13.2 Å². The second-order valence-corrected chi connectivity index (χ2v) is 10.5. The molecule has 0 aliphatic rings. The lowest BCUT2D eigenvalue weighted by atomic mass is 10.3. The fraction of sp³-hybridized carbons (Fsp3) is 0.429. The van der Waals surface area contributed by atoms with Gasteiger partial charge in [0.05, 0.1) is 21.6 Å². The number of rotatable bonds is 5. The molecule has 5 nitrogen and oxygen atoms in total. The van der Waals surface area contributed by atoms with Gasteiger partial charge in [-0.3, -0.25) is 4.79 Å². The molecule has 1 N–H and O–H groups in total. The van der Waals surface area contributed by atoms with Crippen LogP contribution in [0.5, 0.6) is 0 Å². The van der Waals surface area contributed by atoms with Crippen LogP contribution in [0.15, 0.2) is 23.7 Å². The number of thiophene rings is 1. The van der Waals surface area contributed by atoms with Crippen LogP contribution in [0.3, 0.4) is 0 Å². The Morgan fingerprint density at radius 2 is 2.09 bits per heavy atom. The van der Waals surface area contributed by atoms with Gasteiger partial charge in [-0.2, -0.15) is 0 Å². The van der Waals surface area contributed by atoms with E-state index in [4.69, 9.17) is 0 Å². The largest absolute Gasteiger partial charge is 0.350 e. The monoisotopic (exact) mass is 358 g/mol. The average Bonchev–Trinajstić information content (AvgIpc) is 3.08. The summed E-state index contributed by atoms with van der Waals surface area (Å²) >= 11 is 2.86. The lowest BCUT2D eigenvalue weighted by Gasteiger charge is -2.18. The van der Waals surface area contributed by atoms with E-state index in [0.29, 0.717) is 4.88 Å². The van der Waals surface area contributed by atoms with Gasteiger partial charge in [-0.1, -0.05) is 6.07 Å². The first-order valence-corrected chi connectivity index (χ1v) is 10.1. The average molecular weight is 359 g/mol. The Kier molecular flexibility index (Phi) is 5.03. The van der Waals surface area contributed by atoms with Crippen molar-refractivity contribution in [3.05, 3.63) is 28.6 Å². The van der Waals surface area contributed by atoms with Crippen molar-refractivity contribution >= 4 is 38.4 Å². The predicted molar refractivity (Wildman–Crippen MR) is 91.3 cm³/mol. The number of sulfone groups is 1. The third kappa shape index (κ3) is 3.93. The molecule has 0 unspecified atom stereocenters. The number of thiazole rings is 1. The molecule has 0 saturated heterocycles. The Labute approximate surface area is 138 Å². The molecule has 120 valence electrons. The Bertz CT molecular complexity index is 741. The maximum Gasteiger partial charge on any atom is 0.263 e. The van der Waals surface area contributed by atoms with Crippen molar-refractivity contribution < 1.29 is 13.2 Å². The van der Waals surface area contributed by atoms with Crippen molar-refractivity contribution in [3.63, 3.8) is 0 Å². The van der Waals surface area contributed by atoms with Crippen molar-refractivity contribution in [2.75, 3.05) is 12.3 Å². The number of carbonyl (C=O) groups is 1. The van der Waals surface area contributed by atoms with Gasteiger partial charge in [0.1, 0.15) is 9.88 Å². The van der Waals surface area contributed by atoms with Crippen LogP contribution in [0.4, 0.5) is 0 Å². The number of aromatic nitrogens is 1. The second-order valence-electron chi connectivity index (χ2n) is 5.69. The van der Waals surface area contributed by atoms with Gasteiger partial charge in [0.15, 0.2) is 9.84 Å². The minimum atomic E-state index is -3.23. The van der Waals surface area contributed by atoms with E-state index in [2.05, 4.69) is 10.3 Å². The van der Waals surface area contributed by atoms with Crippen LogP contribution in [0.2, 0.25) is 0 Å². The Hall–Kier alpha value is -1.25. The highest BCUT2D eigenvalue weighted by Crippen LogP contribution is 2.28. The zero-order valence-corrected chi connectivity index (χ0v) is 15.1. The fourth-order valence-electron chi connectivity index (χ4n) is 1.59. The minimum Gasteiger partial charge on any atom is -0.350 e. The van der Waals surface area contributed by atoms with Crippen LogP contribution in [-0.2, 0) is 9.84 Å². The molecule has 1 amide bonds. The topological polar surface area (TPSA) is 76.1 Å². The first kappa shape index (κ1) is 17.1. The van der Waals surface area contributed by atoms with Gasteiger partial charge in [0, 0.05) is 6.54 Å². The zero-order valence-electron chi connectivity index (χ0n) is 12.6. The van der Waals surface area contributed by atoms with Crippen molar-refractivity contribution in [1.82, 2.24) is 10.3 Å². The summed E-state index contributed by atoms with van der Waals surface area (Å²) in [4.78, 5) is 17.8. The SMILES string of the molecule is CC(C)(C)S(=O)(=O)CCNC(=O)c1cnc(-c2cccs2)s1. The van der Waals surface area contributed by atoms with Gasteiger partial charge in [0.25, 0.3) is 5.91 Å². The second kappa shape index (κ2) is 6.47. The molecule has 0 atom stereocenters. The summed E-state index contributed by atoms with van der Waals surface area (Å²) in [6.45, 7) is 5.06. The summed E-state index contributed by atoms with van der Waals surface area (Å²) in [6.07, 6.45) is 1.52. The Balaban J connectivity index is 1.94. The minimum absolute atomic E-state index is 0.0706. The summed E-state index contributed by atoms with van der Waals surface area (Å²) in [5.74, 6) is -0.358. The number of nitrogens with one attached hydrogen (secondary N) is 1. The lowest BCUT2D eigenvalue weighted by molar-refractivity contribution is 0.0960. The third-order valence-corrected chi connectivity index (χ3v) is 7.69. The molecule has 0 saturated carbocycles. The van der Waals surface area contributed by atoms with Gasteiger partial charge in [-0.25, -0.2) is 13.4 Å². The maximum atomic E-state index is 12.0. The molecule has 2 aromatic rings. The number of nitrogens with zero attached hydrogens (tertiary/aromatic N) is 1. The Morgan fingerprint density at radius 1 is 1.36 bits per heavy atom. The molecule has 0 aromatic carbocycles. The highest BCUT2D eigenvalue weighted by atomic mass is 32.2. The fourth-order valence-corrected chi connectivity index (χ4v) is 4.21. The van der Waals surface area contributed by atoms with Crippen LogP contribution in [-0.4, -0.2) is 36.4 Å². The number of carbonyl (C=O) groups excluding carboxylic acids is 1. The van der Waals surface area contributed by atoms with Crippen LogP contribution >= 0.6 is 22.7 Å². The molecule has 0 radical (unpaired) electrons. The maximum absolute atomic E-state index is 12.0. The number of hydrogen-bond acceptors (Lipinski definition) is 6. The normalized spacial score (nSPS) is 12.3. The van der Waals surface area contributed by atoms with Crippen molar-refractivity contribution in [3.8, 4) is 9.88 Å². The molecule has 0 fully saturated rings. The van der Waals surface area contributed by atoms with E-state index in [1.807, 2.05) is 17.5 Å². The van der Waals surface area contributed by atoms with Gasteiger partial charge < -0.3 is 5.32 Å². The van der Waals surface area contributed by atoms with Crippen molar-refractivity contribution in [2.24, 2.45) is 0 Å². The quantitative estimate of drug-likeness (QED) is 0.892. The molecule has 8 heteroatoms. The van der Waals surface area contributed by atoms with Crippen LogP contribution in [0.1, 0.15) is 30.4 Å². The van der Waals surface area contributed by atoms with Gasteiger partial charge in [-0.05, 0) is 32.2 Å². The first-order chi connectivity index (χ1) is 10.2.